The molecule has 3 rings (SSSR count). The summed E-state index contributed by atoms with van der Waals surface area (Å²) in [6.45, 7) is 3.51. The van der Waals surface area contributed by atoms with Crippen LogP contribution in [0.5, 0.6) is 0 Å². The quantitative estimate of drug-likeness (QED) is 0.733. The molecule has 0 saturated heterocycles. The fraction of sp³-hybridized carbons (Fsp3) is 0.188. The van der Waals surface area contributed by atoms with Crippen molar-refractivity contribution in [2.24, 2.45) is 7.05 Å². The summed E-state index contributed by atoms with van der Waals surface area (Å²) in [7, 11) is -1.94. The Morgan fingerprint density at radius 3 is 2.54 bits per heavy atom. The van der Waals surface area contributed by atoms with Crippen molar-refractivity contribution in [3.8, 4) is 0 Å². The van der Waals surface area contributed by atoms with Crippen LogP contribution in [0.1, 0.15) is 11.4 Å². The summed E-state index contributed by atoms with van der Waals surface area (Å²) in [5.74, 6) is 0.789. The highest BCUT2D eigenvalue weighted by Crippen LogP contribution is 2.33. The summed E-state index contributed by atoms with van der Waals surface area (Å²) in [6.07, 6.45) is 0. The minimum atomic E-state index is -3.81. The lowest BCUT2D eigenvalue weighted by molar-refractivity contribution is 0.600. The zero-order valence-corrected chi connectivity index (χ0v) is 15.6. The molecule has 8 heteroatoms. The van der Waals surface area contributed by atoms with Crippen molar-refractivity contribution >= 4 is 49.9 Å². The largest absolute Gasteiger partial charge is 0.331 e. The number of halogens is 2. The topological polar surface area (TPSA) is 64.0 Å². The highest BCUT2D eigenvalue weighted by atomic mass is 35.5. The van der Waals surface area contributed by atoms with E-state index in [4.69, 9.17) is 23.2 Å². The van der Waals surface area contributed by atoms with E-state index in [1.807, 2.05) is 18.5 Å². The van der Waals surface area contributed by atoms with Crippen LogP contribution in [0.3, 0.4) is 0 Å². The molecule has 0 radical (unpaired) electrons. The molecule has 126 valence electrons. The first-order valence-electron chi connectivity index (χ1n) is 7.12. The standard InChI is InChI=1S/C16H15Cl2N3O2S/c1-9-11(17)5-4-6-14(9)24(22,23)20-12-7-8-13-16(15(12)18)19-10(2)21(13)3/h4-8,20H,1-3H3. The second-order valence-corrected chi connectivity index (χ2v) is 7.92. The molecule has 0 bridgehead atoms. The summed E-state index contributed by atoms with van der Waals surface area (Å²) in [6, 6.07) is 8.15. The van der Waals surface area contributed by atoms with Crippen LogP contribution < -0.4 is 4.72 Å². The summed E-state index contributed by atoms with van der Waals surface area (Å²) < 4.78 is 29.8. The summed E-state index contributed by atoms with van der Waals surface area (Å²) >= 11 is 12.4. The molecule has 1 heterocycles. The molecule has 1 aromatic heterocycles. The van der Waals surface area contributed by atoms with Crippen LogP contribution >= 0.6 is 23.2 Å². The van der Waals surface area contributed by atoms with Gasteiger partial charge in [0.25, 0.3) is 10.0 Å². The second-order valence-electron chi connectivity index (χ2n) is 5.48. The van der Waals surface area contributed by atoms with Gasteiger partial charge in [-0.25, -0.2) is 13.4 Å². The molecule has 0 spiro atoms. The number of aromatic nitrogens is 2. The molecule has 0 aliphatic heterocycles. The molecule has 0 saturated carbocycles. The highest BCUT2D eigenvalue weighted by Gasteiger charge is 2.21. The first-order valence-corrected chi connectivity index (χ1v) is 9.35. The SMILES string of the molecule is Cc1c(Cl)cccc1S(=O)(=O)Nc1ccc2c(nc(C)n2C)c1Cl. The van der Waals surface area contributed by atoms with E-state index in [1.165, 1.54) is 6.07 Å². The lowest BCUT2D eigenvalue weighted by Crippen LogP contribution is -2.14. The van der Waals surface area contributed by atoms with Crippen LogP contribution in [0.25, 0.3) is 11.0 Å². The first-order chi connectivity index (χ1) is 11.2. The fourth-order valence-electron chi connectivity index (χ4n) is 2.50. The average Bonchev–Trinajstić information content (AvgIpc) is 2.81. The minimum Gasteiger partial charge on any atom is -0.331 e. The molecular formula is C16H15Cl2N3O2S. The number of nitrogens with one attached hydrogen (secondary N) is 1. The van der Waals surface area contributed by atoms with Crippen LogP contribution in [-0.2, 0) is 17.1 Å². The molecule has 1 N–H and O–H groups in total. The van der Waals surface area contributed by atoms with Gasteiger partial charge in [-0.3, -0.25) is 4.72 Å². The maximum absolute atomic E-state index is 12.7. The summed E-state index contributed by atoms with van der Waals surface area (Å²) in [5, 5.41) is 0.652. The Hall–Kier alpha value is -1.76. The second kappa shape index (κ2) is 5.95. The van der Waals surface area contributed by atoms with E-state index in [2.05, 4.69) is 9.71 Å². The lowest BCUT2D eigenvalue weighted by atomic mass is 10.2. The van der Waals surface area contributed by atoms with Crippen LogP contribution in [0.15, 0.2) is 35.2 Å². The van der Waals surface area contributed by atoms with Gasteiger partial charge in [0.1, 0.15) is 11.3 Å². The maximum Gasteiger partial charge on any atom is 0.262 e. The normalized spacial score (nSPS) is 11.9. The fourth-order valence-corrected chi connectivity index (χ4v) is 4.38. The van der Waals surface area contributed by atoms with E-state index in [0.717, 1.165) is 11.3 Å². The number of anilines is 1. The van der Waals surface area contributed by atoms with Crippen molar-refractivity contribution in [1.29, 1.82) is 0 Å². The third-order valence-corrected chi connectivity index (χ3v) is 6.27. The number of hydrogen-bond donors (Lipinski definition) is 1. The van der Waals surface area contributed by atoms with Gasteiger partial charge in [0.15, 0.2) is 0 Å². The molecule has 0 fully saturated rings. The van der Waals surface area contributed by atoms with Gasteiger partial charge in [-0.2, -0.15) is 0 Å². The van der Waals surface area contributed by atoms with Gasteiger partial charge in [-0.15, -0.1) is 0 Å². The van der Waals surface area contributed by atoms with Gasteiger partial charge in [0, 0.05) is 12.1 Å². The molecule has 0 aliphatic rings. The van der Waals surface area contributed by atoms with Crippen LogP contribution in [0, 0.1) is 13.8 Å². The number of sulfonamides is 1. The van der Waals surface area contributed by atoms with E-state index < -0.39 is 10.0 Å². The summed E-state index contributed by atoms with van der Waals surface area (Å²) in [5.41, 5.74) is 2.15. The molecule has 0 unspecified atom stereocenters. The van der Waals surface area contributed by atoms with Crippen molar-refractivity contribution in [3.63, 3.8) is 0 Å². The molecule has 2 aromatic carbocycles. The van der Waals surface area contributed by atoms with Crippen molar-refractivity contribution < 1.29 is 8.42 Å². The van der Waals surface area contributed by atoms with Crippen molar-refractivity contribution in [3.05, 3.63) is 51.8 Å². The maximum atomic E-state index is 12.7. The molecule has 0 amide bonds. The third-order valence-electron chi connectivity index (χ3n) is 3.97. The monoisotopic (exact) mass is 383 g/mol. The van der Waals surface area contributed by atoms with Crippen LogP contribution in [0.2, 0.25) is 10.0 Å². The van der Waals surface area contributed by atoms with Gasteiger partial charge in [-0.1, -0.05) is 29.3 Å². The number of hydrogen-bond acceptors (Lipinski definition) is 3. The molecular weight excluding hydrogens is 369 g/mol. The van der Waals surface area contributed by atoms with Crippen molar-refractivity contribution in [2.45, 2.75) is 18.7 Å². The molecule has 24 heavy (non-hydrogen) atoms. The third kappa shape index (κ3) is 2.75. The van der Waals surface area contributed by atoms with E-state index in [1.54, 1.807) is 31.2 Å². The van der Waals surface area contributed by atoms with Gasteiger partial charge in [-0.05, 0) is 43.7 Å². The predicted molar refractivity (Wildman–Crippen MR) is 97.5 cm³/mol. The smallest absolute Gasteiger partial charge is 0.262 e. The Morgan fingerprint density at radius 2 is 1.83 bits per heavy atom. The Balaban J connectivity index is 2.09. The molecule has 3 aromatic rings. The van der Waals surface area contributed by atoms with Crippen molar-refractivity contribution in [1.82, 2.24) is 9.55 Å². The first kappa shape index (κ1) is 17.1. The zero-order chi connectivity index (χ0) is 17.6. The Kier molecular flexibility index (Phi) is 4.23. The van der Waals surface area contributed by atoms with E-state index in [9.17, 15) is 8.42 Å². The van der Waals surface area contributed by atoms with Crippen molar-refractivity contribution in [2.75, 3.05) is 4.72 Å². The van der Waals surface area contributed by atoms with Crippen LogP contribution in [-0.4, -0.2) is 18.0 Å². The Morgan fingerprint density at radius 1 is 1.12 bits per heavy atom. The van der Waals surface area contributed by atoms with Gasteiger partial charge < -0.3 is 4.57 Å². The number of rotatable bonds is 3. The highest BCUT2D eigenvalue weighted by molar-refractivity contribution is 7.92. The molecule has 5 nitrogen and oxygen atoms in total. The minimum absolute atomic E-state index is 0.114. The predicted octanol–water partition coefficient (Wildman–Crippen LogP) is 4.30. The average molecular weight is 384 g/mol. The number of fused-ring (bicyclic) bond motifs is 1. The van der Waals surface area contributed by atoms with E-state index in [-0.39, 0.29) is 15.6 Å². The van der Waals surface area contributed by atoms with Gasteiger partial charge in [0.05, 0.1) is 21.1 Å². The van der Waals surface area contributed by atoms with Crippen LogP contribution in [0.4, 0.5) is 5.69 Å². The van der Waals surface area contributed by atoms with E-state index in [0.29, 0.717) is 16.1 Å². The Bertz CT molecular complexity index is 1060. The zero-order valence-electron chi connectivity index (χ0n) is 13.3. The van der Waals surface area contributed by atoms with Gasteiger partial charge in [0.2, 0.25) is 0 Å². The Labute approximate surface area is 150 Å². The number of aryl methyl sites for hydroxylation is 2. The van der Waals surface area contributed by atoms with E-state index >= 15 is 0 Å². The summed E-state index contributed by atoms with van der Waals surface area (Å²) in [4.78, 5) is 4.50. The number of benzene rings is 2. The number of imidazole rings is 1. The molecule has 0 atom stereocenters. The lowest BCUT2D eigenvalue weighted by Gasteiger charge is -2.12. The van der Waals surface area contributed by atoms with Gasteiger partial charge >= 0.3 is 0 Å². The molecule has 0 aliphatic carbocycles. The number of nitrogens with zero attached hydrogens (tertiary/aromatic N) is 2.